The smallest absolute Gasteiger partial charge is 0.359 e. The van der Waals surface area contributed by atoms with E-state index < -0.39 is 73.1 Å². The van der Waals surface area contributed by atoms with Crippen molar-refractivity contribution in [2.75, 3.05) is 75.7 Å². The molecule has 0 spiro atoms. The van der Waals surface area contributed by atoms with E-state index in [0.29, 0.717) is 23.5 Å². The molecular formula is C25H38N5O11S+. The number of hydrogen-bond donors (Lipinski definition) is 8. The van der Waals surface area contributed by atoms with Crippen LogP contribution >= 0.6 is 11.8 Å². The SMILES string of the molecule is NCCSCC(=O)Nc1ccc(CC(C[N+](CCNCC(=O)O)(CC(=O)O)CC(=O)O)N(CC(=O)O)CC(=O)O)cc1. The van der Waals surface area contributed by atoms with E-state index in [4.69, 9.17) is 10.8 Å². The minimum absolute atomic E-state index is 0.0168. The maximum Gasteiger partial charge on any atom is 0.359 e. The standard InChI is InChI=1S/C25H37N5O11S/c26-5-8-42-16-20(31)28-18-3-1-17(2-4-18)9-19(29(11-22(34)35)12-23(36)37)13-30(14-24(38)39,15-25(40)41)7-6-27-10-21(32)33/h1-4,19,27H,5-16,26H2,(H5-,28,31,32,33,34,35,36,37,38,39,40,41)/p+1. The predicted octanol–water partition coefficient (Wildman–Crippen LogP) is -1.64. The summed E-state index contributed by atoms with van der Waals surface area (Å²) in [7, 11) is 0. The van der Waals surface area contributed by atoms with Crippen LogP contribution in [0.5, 0.6) is 0 Å². The van der Waals surface area contributed by atoms with Gasteiger partial charge in [0.15, 0.2) is 13.1 Å². The minimum Gasteiger partial charge on any atom is -0.480 e. The van der Waals surface area contributed by atoms with Gasteiger partial charge in [-0.05, 0) is 24.1 Å². The van der Waals surface area contributed by atoms with Gasteiger partial charge in [-0.1, -0.05) is 12.1 Å². The zero-order chi connectivity index (χ0) is 31.7. The van der Waals surface area contributed by atoms with Crippen molar-refractivity contribution < 1.29 is 58.8 Å². The summed E-state index contributed by atoms with van der Waals surface area (Å²) < 4.78 is -0.619. The van der Waals surface area contributed by atoms with Gasteiger partial charge in [-0.3, -0.25) is 24.1 Å². The molecule has 1 aromatic rings. The Hall–Kier alpha value is -3.77. The van der Waals surface area contributed by atoms with Gasteiger partial charge in [0.25, 0.3) is 0 Å². The quantitative estimate of drug-likeness (QED) is 0.0507. The van der Waals surface area contributed by atoms with Crippen LogP contribution in [0.1, 0.15) is 5.56 Å². The average molecular weight is 617 g/mol. The third kappa shape index (κ3) is 15.3. The van der Waals surface area contributed by atoms with E-state index in [1.54, 1.807) is 24.3 Å². The van der Waals surface area contributed by atoms with Gasteiger partial charge in [0, 0.05) is 24.5 Å². The van der Waals surface area contributed by atoms with Gasteiger partial charge < -0.3 is 46.4 Å². The van der Waals surface area contributed by atoms with Crippen molar-refractivity contribution in [3.8, 4) is 0 Å². The number of anilines is 1. The number of rotatable bonds is 23. The molecule has 1 unspecified atom stereocenters. The number of carboxylic acids is 5. The van der Waals surface area contributed by atoms with E-state index in [-0.39, 0.29) is 37.7 Å². The first kappa shape index (κ1) is 36.3. The number of nitrogens with one attached hydrogen (secondary N) is 2. The number of benzene rings is 1. The van der Waals surface area contributed by atoms with E-state index in [9.17, 15) is 49.2 Å². The highest BCUT2D eigenvalue weighted by molar-refractivity contribution is 7.99. The highest BCUT2D eigenvalue weighted by Gasteiger charge is 2.38. The maximum atomic E-state index is 12.1. The summed E-state index contributed by atoms with van der Waals surface area (Å²) in [6, 6.07) is 5.51. The molecule has 0 aliphatic heterocycles. The molecule has 0 saturated heterocycles. The van der Waals surface area contributed by atoms with Gasteiger partial charge >= 0.3 is 29.8 Å². The lowest BCUT2D eigenvalue weighted by Crippen LogP contribution is -2.62. The Bertz CT molecular complexity index is 1060. The number of carbonyl (C=O) groups excluding carboxylic acids is 1. The molecular weight excluding hydrogens is 578 g/mol. The fourth-order valence-electron chi connectivity index (χ4n) is 4.38. The second-order valence-electron chi connectivity index (χ2n) is 9.56. The molecule has 0 heterocycles. The first-order chi connectivity index (χ1) is 19.7. The third-order valence-corrected chi connectivity index (χ3v) is 6.97. The first-order valence-electron chi connectivity index (χ1n) is 12.8. The number of carboxylic acid groups (broad SMARTS) is 5. The molecule has 1 aromatic carbocycles. The molecule has 234 valence electrons. The van der Waals surface area contributed by atoms with Crippen LogP contribution < -0.4 is 16.4 Å². The average Bonchev–Trinajstić information content (AvgIpc) is 2.86. The molecule has 42 heavy (non-hydrogen) atoms. The number of nitrogens with zero attached hydrogens (tertiary/aromatic N) is 2. The van der Waals surface area contributed by atoms with E-state index in [0.717, 1.165) is 4.90 Å². The fraction of sp³-hybridized carbons (Fsp3) is 0.520. The van der Waals surface area contributed by atoms with Crippen molar-refractivity contribution in [2.24, 2.45) is 5.73 Å². The van der Waals surface area contributed by atoms with Crippen LogP contribution in [0.4, 0.5) is 5.69 Å². The number of aliphatic carboxylic acids is 5. The molecule has 0 bridgehead atoms. The van der Waals surface area contributed by atoms with E-state index in [1.165, 1.54) is 11.8 Å². The molecule has 0 aliphatic carbocycles. The summed E-state index contributed by atoms with van der Waals surface area (Å²) >= 11 is 1.37. The zero-order valence-corrected chi connectivity index (χ0v) is 23.8. The van der Waals surface area contributed by atoms with Crippen LogP contribution in [0.15, 0.2) is 24.3 Å². The second-order valence-corrected chi connectivity index (χ2v) is 10.7. The van der Waals surface area contributed by atoms with Crippen molar-refractivity contribution in [1.29, 1.82) is 0 Å². The normalized spacial score (nSPS) is 12.0. The minimum atomic E-state index is -1.35. The molecule has 0 radical (unpaired) electrons. The summed E-state index contributed by atoms with van der Waals surface area (Å²) in [5.41, 5.74) is 6.49. The number of quaternary nitrogens is 1. The predicted molar refractivity (Wildman–Crippen MR) is 151 cm³/mol. The van der Waals surface area contributed by atoms with Crippen molar-refractivity contribution in [3.63, 3.8) is 0 Å². The van der Waals surface area contributed by atoms with E-state index in [1.807, 2.05) is 0 Å². The zero-order valence-electron chi connectivity index (χ0n) is 22.9. The fourth-order valence-corrected chi connectivity index (χ4v) is 4.95. The van der Waals surface area contributed by atoms with Crippen LogP contribution in [-0.2, 0) is 35.2 Å². The third-order valence-electron chi connectivity index (χ3n) is 5.98. The second kappa shape index (κ2) is 18.6. The van der Waals surface area contributed by atoms with Crippen LogP contribution in [0.25, 0.3) is 0 Å². The lowest BCUT2D eigenvalue weighted by molar-refractivity contribution is -0.915. The molecule has 1 atom stereocenters. The number of carbonyl (C=O) groups is 6. The Balaban J connectivity index is 3.37. The van der Waals surface area contributed by atoms with Crippen molar-refractivity contribution in [2.45, 2.75) is 12.5 Å². The van der Waals surface area contributed by atoms with Crippen molar-refractivity contribution in [1.82, 2.24) is 10.2 Å². The topological polar surface area (TPSA) is 257 Å². The highest BCUT2D eigenvalue weighted by atomic mass is 32.2. The molecule has 0 aliphatic rings. The summed E-state index contributed by atoms with van der Waals surface area (Å²) in [5.74, 6) is -5.97. The summed E-state index contributed by atoms with van der Waals surface area (Å²) in [5, 5.41) is 52.5. The Kier molecular flexibility index (Phi) is 16.1. The molecule has 17 heteroatoms. The van der Waals surface area contributed by atoms with Crippen LogP contribution in [0.2, 0.25) is 0 Å². The van der Waals surface area contributed by atoms with Crippen molar-refractivity contribution in [3.05, 3.63) is 29.8 Å². The van der Waals surface area contributed by atoms with Crippen molar-refractivity contribution >= 4 is 53.2 Å². The number of amides is 1. The van der Waals surface area contributed by atoms with E-state index >= 15 is 0 Å². The Labute approximate surface area is 246 Å². The Morgan fingerprint density at radius 3 is 1.90 bits per heavy atom. The first-order valence-corrected chi connectivity index (χ1v) is 14.0. The highest BCUT2D eigenvalue weighted by Crippen LogP contribution is 2.19. The molecule has 1 amide bonds. The molecule has 0 saturated carbocycles. The number of nitrogens with two attached hydrogens (primary N) is 1. The van der Waals surface area contributed by atoms with Gasteiger partial charge in [0.05, 0.1) is 44.5 Å². The van der Waals surface area contributed by atoms with Crippen LogP contribution in [0.3, 0.4) is 0 Å². The summed E-state index contributed by atoms with van der Waals surface area (Å²) in [6.07, 6.45) is 0.0168. The number of hydrogen-bond acceptors (Lipinski definition) is 10. The van der Waals surface area contributed by atoms with Gasteiger partial charge in [0.2, 0.25) is 5.91 Å². The van der Waals surface area contributed by atoms with Gasteiger partial charge in [-0.2, -0.15) is 11.8 Å². The molecule has 9 N–H and O–H groups in total. The van der Waals surface area contributed by atoms with Gasteiger partial charge in [-0.15, -0.1) is 0 Å². The largest absolute Gasteiger partial charge is 0.480 e. The monoisotopic (exact) mass is 616 g/mol. The molecule has 0 aromatic heterocycles. The number of thioether (sulfide) groups is 1. The Morgan fingerprint density at radius 1 is 0.857 bits per heavy atom. The van der Waals surface area contributed by atoms with Crippen LogP contribution in [-0.4, -0.2) is 147 Å². The lowest BCUT2D eigenvalue weighted by Gasteiger charge is -2.41. The van der Waals surface area contributed by atoms with Crippen LogP contribution in [0, 0.1) is 0 Å². The van der Waals surface area contributed by atoms with Gasteiger partial charge in [0.1, 0.15) is 0 Å². The lowest BCUT2D eigenvalue weighted by atomic mass is 10.0. The molecule has 0 fully saturated rings. The van der Waals surface area contributed by atoms with E-state index in [2.05, 4.69) is 10.6 Å². The van der Waals surface area contributed by atoms with Gasteiger partial charge in [-0.25, -0.2) is 9.59 Å². The summed E-state index contributed by atoms with van der Waals surface area (Å²) in [6.45, 7) is -3.35. The molecule has 1 rings (SSSR count). The summed E-state index contributed by atoms with van der Waals surface area (Å²) in [4.78, 5) is 71.1. The Morgan fingerprint density at radius 2 is 1.43 bits per heavy atom. The molecule has 16 nitrogen and oxygen atoms in total. The maximum absolute atomic E-state index is 12.1.